The molecule has 2 aromatic heterocycles. The number of hydrogen-bond donors (Lipinski definition) is 1. The van der Waals surface area contributed by atoms with Crippen LogP contribution in [-0.2, 0) is 36.3 Å². The number of fused-ring (bicyclic) bond motifs is 2. The molecule has 2 aromatic rings. The van der Waals surface area contributed by atoms with Gasteiger partial charge in [0.15, 0.2) is 0 Å². The summed E-state index contributed by atoms with van der Waals surface area (Å²) in [5, 5.41) is 18.9. The second kappa shape index (κ2) is 8.34. The van der Waals surface area contributed by atoms with Crippen LogP contribution in [0.5, 0.6) is 0 Å². The number of aryl methyl sites for hydroxylation is 1. The van der Waals surface area contributed by atoms with Crippen LogP contribution in [0, 0.1) is 5.41 Å². The van der Waals surface area contributed by atoms with Gasteiger partial charge in [-0.15, -0.1) is 16.4 Å². The highest BCUT2D eigenvalue weighted by Crippen LogP contribution is 2.46. The van der Waals surface area contributed by atoms with Gasteiger partial charge in [0, 0.05) is 41.5 Å². The zero-order valence-corrected chi connectivity index (χ0v) is 19.8. The first-order chi connectivity index (χ1) is 14.2. The van der Waals surface area contributed by atoms with Crippen molar-refractivity contribution < 1.29 is 9.84 Å². The molecule has 4 heterocycles. The second-order valence-electron chi connectivity index (χ2n) is 10.1. The quantitative estimate of drug-likeness (QED) is 0.779. The highest BCUT2D eigenvalue weighted by molar-refractivity contribution is 7.12. The van der Waals surface area contributed by atoms with Gasteiger partial charge in [-0.3, -0.25) is 4.90 Å². The van der Waals surface area contributed by atoms with Gasteiger partial charge in [0.05, 0.1) is 30.6 Å². The van der Waals surface area contributed by atoms with Crippen LogP contribution in [0.3, 0.4) is 0 Å². The van der Waals surface area contributed by atoms with Crippen molar-refractivity contribution in [3.8, 4) is 0 Å². The van der Waals surface area contributed by atoms with Crippen molar-refractivity contribution in [2.45, 2.75) is 91.1 Å². The molecule has 30 heavy (non-hydrogen) atoms. The molecule has 0 aliphatic carbocycles. The maximum absolute atomic E-state index is 10.3. The Morgan fingerprint density at radius 1 is 1.40 bits per heavy atom. The molecular weight excluding hydrogens is 396 g/mol. The highest BCUT2D eigenvalue weighted by atomic mass is 32.1. The molecule has 3 atom stereocenters. The molecule has 166 valence electrons. The molecule has 0 amide bonds. The third-order valence-electron chi connectivity index (χ3n) is 6.77. The highest BCUT2D eigenvalue weighted by Gasteiger charge is 2.44. The predicted octanol–water partition coefficient (Wildman–Crippen LogP) is 3.76. The number of rotatable bonds is 5. The van der Waals surface area contributed by atoms with E-state index < -0.39 is 6.10 Å². The first-order valence-corrected chi connectivity index (χ1v) is 12.1. The van der Waals surface area contributed by atoms with Gasteiger partial charge in [-0.2, -0.15) is 0 Å². The molecular formula is C23H36N4O2S. The number of thiophene rings is 1. The molecule has 1 N–H and O–H groups in total. The minimum absolute atomic E-state index is 0.109. The van der Waals surface area contributed by atoms with Gasteiger partial charge in [0.2, 0.25) is 0 Å². The molecule has 2 aliphatic heterocycles. The Bertz CT molecular complexity index is 871. The molecule has 6 nitrogen and oxygen atoms in total. The molecule has 0 unspecified atom stereocenters. The molecule has 0 aromatic carbocycles. The molecule has 0 radical (unpaired) electrons. The number of nitrogens with zero attached hydrogens (tertiary/aromatic N) is 4. The van der Waals surface area contributed by atoms with Crippen molar-refractivity contribution in [1.82, 2.24) is 19.9 Å². The number of ether oxygens (including phenoxy) is 1. The van der Waals surface area contributed by atoms with Crippen LogP contribution in [0.4, 0.5) is 0 Å². The van der Waals surface area contributed by atoms with Gasteiger partial charge in [-0.05, 0) is 43.2 Å². The lowest BCUT2D eigenvalue weighted by molar-refractivity contribution is -0.112. The largest absolute Gasteiger partial charge is 0.391 e. The van der Waals surface area contributed by atoms with Gasteiger partial charge in [-0.25, -0.2) is 4.68 Å². The molecule has 2 aliphatic rings. The summed E-state index contributed by atoms with van der Waals surface area (Å²) in [7, 11) is 0. The fraction of sp³-hybridized carbons (Fsp3) is 0.739. The summed E-state index contributed by atoms with van der Waals surface area (Å²) in [6.45, 7) is 13.8. The first kappa shape index (κ1) is 21.9. The van der Waals surface area contributed by atoms with E-state index in [2.05, 4.69) is 35.1 Å². The minimum Gasteiger partial charge on any atom is -0.391 e. The van der Waals surface area contributed by atoms with Crippen molar-refractivity contribution in [3.05, 3.63) is 33.3 Å². The summed E-state index contributed by atoms with van der Waals surface area (Å²) in [5.41, 5.74) is 2.15. The van der Waals surface area contributed by atoms with E-state index in [9.17, 15) is 5.11 Å². The first-order valence-electron chi connectivity index (χ1n) is 11.3. The molecule has 1 fully saturated rings. The number of hydrogen-bond acceptors (Lipinski definition) is 6. The van der Waals surface area contributed by atoms with Crippen LogP contribution in [0.1, 0.15) is 68.5 Å². The number of piperidine rings is 1. The third-order valence-corrected chi connectivity index (χ3v) is 8.11. The summed E-state index contributed by atoms with van der Waals surface area (Å²) in [4.78, 5) is 5.51. The van der Waals surface area contributed by atoms with E-state index in [4.69, 9.17) is 4.74 Å². The Kier molecular flexibility index (Phi) is 6.10. The molecule has 0 bridgehead atoms. The molecule has 7 heteroatoms. The summed E-state index contributed by atoms with van der Waals surface area (Å²) in [6, 6.07) is 2.83. The Morgan fingerprint density at radius 2 is 2.20 bits per heavy atom. The Balaban J connectivity index is 1.41. The summed E-state index contributed by atoms with van der Waals surface area (Å²) >= 11 is 1.98. The third kappa shape index (κ3) is 4.35. The van der Waals surface area contributed by atoms with Crippen LogP contribution < -0.4 is 0 Å². The van der Waals surface area contributed by atoms with Crippen LogP contribution in [-0.4, -0.2) is 50.3 Å². The van der Waals surface area contributed by atoms with Gasteiger partial charge < -0.3 is 9.84 Å². The Labute approximate surface area is 184 Å². The zero-order valence-electron chi connectivity index (χ0n) is 19.0. The van der Waals surface area contributed by atoms with Crippen molar-refractivity contribution in [2.24, 2.45) is 5.41 Å². The topological polar surface area (TPSA) is 63.4 Å². The summed E-state index contributed by atoms with van der Waals surface area (Å²) < 4.78 is 8.23. The van der Waals surface area contributed by atoms with Crippen LogP contribution in [0.2, 0.25) is 0 Å². The van der Waals surface area contributed by atoms with E-state index in [0.717, 1.165) is 51.1 Å². The monoisotopic (exact) mass is 432 g/mol. The second-order valence-corrected chi connectivity index (χ2v) is 11.3. The lowest BCUT2D eigenvalue weighted by atomic mass is 9.79. The van der Waals surface area contributed by atoms with Crippen molar-refractivity contribution in [3.63, 3.8) is 0 Å². The van der Waals surface area contributed by atoms with Crippen molar-refractivity contribution in [2.75, 3.05) is 13.2 Å². The molecule has 1 saturated heterocycles. The maximum Gasteiger partial charge on any atom is 0.0969 e. The lowest BCUT2D eigenvalue weighted by Gasteiger charge is -2.47. The van der Waals surface area contributed by atoms with Crippen molar-refractivity contribution in [1.29, 1.82) is 0 Å². The predicted molar refractivity (Wildman–Crippen MR) is 120 cm³/mol. The van der Waals surface area contributed by atoms with E-state index in [0.29, 0.717) is 12.6 Å². The van der Waals surface area contributed by atoms with Gasteiger partial charge in [-0.1, -0.05) is 32.9 Å². The smallest absolute Gasteiger partial charge is 0.0969 e. The average molecular weight is 433 g/mol. The fourth-order valence-corrected chi connectivity index (χ4v) is 5.85. The lowest BCUT2D eigenvalue weighted by Crippen LogP contribution is -2.50. The maximum atomic E-state index is 10.3. The number of aliphatic hydroxyl groups excluding tert-OH is 1. The summed E-state index contributed by atoms with van der Waals surface area (Å²) in [6.07, 6.45) is 5.75. The van der Waals surface area contributed by atoms with E-state index >= 15 is 0 Å². The van der Waals surface area contributed by atoms with E-state index in [1.807, 2.05) is 38.3 Å². The fourth-order valence-electron chi connectivity index (χ4n) is 4.67. The van der Waals surface area contributed by atoms with Gasteiger partial charge >= 0.3 is 0 Å². The van der Waals surface area contributed by atoms with Gasteiger partial charge in [0.25, 0.3) is 0 Å². The molecule has 1 spiro atoms. The van der Waals surface area contributed by atoms with Crippen LogP contribution in [0.25, 0.3) is 0 Å². The molecule has 0 saturated carbocycles. The van der Waals surface area contributed by atoms with E-state index in [1.165, 1.54) is 10.4 Å². The average Bonchev–Trinajstić information content (AvgIpc) is 3.31. The minimum atomic E-state index is -0.447. The summed E-state index contributed by atoms with van der Waals surface area (Å²) in [5.74, 6) is 0. The standard InChI is InChI=1S/C23H36N4O2S/c1-6-18-11-19-20(30-18)7-10-29-23(19)8-9-26(16(2)12-23)13-17-14-27(25-24-17)15-21(28)22(3,4)5/h11,14,16,21,28H,6-10,12-13,15H2,1-5H3/t16-,21-,23+/m0/s1. The van der Waals surface area contributed by atoms with Crippen LogP contribution >= 0.6 is 11.3 Å². The number of likely N-dealkylation sites (tertiary alicyclic amines) is 1. The van der Waals surface area contributed by atoms with E-state index in [1.54, 1.807) is 9.56 Å². The van der Waals surface area contributed by atoms with E-state index in [-0.39, 0.29) is 11.0 Å². The normalized spacial score (nSPS) is 26.1. The van der Waals surface area contributed by atoms with Crippen molar-refractivity contribution >= 4 is 11.3 Å². The number of aromatic nitrogens is 3. The molecule has 4 rings (SSSR count). The van der Waals surface area contributed by atoms with Crippen LogP contribution in [0.15, 0.2) is 12.3 Å². The Morgan fingerprint density at radius 3 is 2.90 bits per heavy atom. The SMILES string of the molecule is CCc1cc2c(s1)CCO[C@@]21CCN(Cc2cn(C[C@H](O)C(C)(C)C)nn2)[C@@H](C)C1. The van der Waals surface area contributed by atoms with Gasteiger partial charge in [0.1, 0.15) is 0 Å². The zero-order chi connectivity index (χ0) is 21.5. The number of aliphatic hydroxyl groups is 1. The Hall–Kier alpha value is -1.28.